The zero-order valence-corrected chi connectivity index (χ0v) is 16.7. The van der Waals surface area contributed by atoms with Crippen molar-refractivity contribution in [1.29, 1.82) is 0 Å². The van der Waals surface area contributed by atoms with Crippen molar-refractivity contribution >= 4 is 11.6 Å². The van der Waals surface area contributed by atoms with Crippen LogP contribution >= 0.6 is 0 Å². The van der Waals surface area contributed by atoms with Crippen LogP contribution in [0.3, 0.4) is 0 Å². The second-order valence-electron chi connectivity index (χ2n) is 7.39. The molecule has 1 N–H and O–H groups in total. The molecule has 0 radical (unpaired) electrons. The highest BCUT2D eigenvalue weighted by molar-refractivity contribution is 5.94. The highest BCUT2D eigenvalue weighted by atomic mass is 19.1. The van der Waals surface area contributed by atoms with Crippen molar-refractivity contribution in [3.05, 3.63) is 42.6 Å². The maximum absolute atomic E-state index is 14.2. The number of aromatic nitrogens is 5. The van der Waals surface area contributed by atoms with Crippen LogP contribution in [0.25, 0.3) is 11.5 Å². The number of ether oxygens (including phenoxy) is 2. The fourth-order valence-corrected chi connectivity index (χ4v) is 3.84. The Morgan fingerprint density at radius 1 is 1.23 bits per heavy atom. The fraction of sp³-hybridized carbons (Fsp3) is 0.350. The number of likely N-dealkylation sites (tertiary alicyclic amines) is 1. The predicted molar refractivity (Wildman–Crippen MR) is 107 cm³/mol. The van der Waals surface area contributed by atoms with E-state index in [0.717, 1.165) is 5.69 Å². The molecule has 1 saturated heterocycles. The maximum Gasteiger partial charge on any atom is 0.241 e. The normalized spacial score (nSPS) is 20.2. The number of hydrogen-bond donors (Lipinski definition) is 1. The van der Waals surface area contributed by atoms with Crippen molar-refractivity contribution in [2.45, 2.75) is 25.2 Å². The van der Waals surface area contributed by atoms with Gasteiger partial charge in [-0.3, -0.25) is 19.4 Å². The lowest BCUT2D eigenvalue weighted by molar-refractivity contribution is -0.120. The fourth-order valence-electron chi connectivity index (χ4n) is 3.84. The molecule has 0 aliphatic carbocycles. The topological polar surface area (TPSA) is 107 Å². The molecule has 2 atom stereocenters. The van der Waals surface area contributed by atoms with Crippen molar-refractivity contribution in [3.8, 4) is 23.0 Å². The van der Waals surface area contributed by atoms with Crippen LogP contribution in [0, 0.1) is 0 Å². The number of anilines is 1. The highest BCUT2D eigenvalue weighted by Gasteiger charge is 2.38. The van der Waals surface area contributed by atoms with Gasteiger partial charge in [-0.1, -0.05) is 0 Å². The van der Waals surface area contributed by atoms with Gasteiger partial charge in [0.05, 0.1) is 24.1 Å². The van der Waals surface area contributed by atoms with Gasteiger partial charge < -0.3 is 14.8 Å². The van der Waals surface area contributed by atoms with Gasteiger partial charge in [0.15, 0.2) is 17.3 Å². The smallest absolute Gasteiger partial charge is 0.241 e. The number of amides is 1. The first-order chi connectivity index (χ1) is 15.1. The second kappa shape index (κ2) is 7.91. The summed E-state index contributed by atoms with van der Waals surface area (Å²) in [6, 6.07) is 2.87. The van der Waals surface area contributed by atoms with E-state index in [0.29, 0.717) is 28.7 Å². The molecule has 2 aliphatic heterocycles. The van der Waals surface area contributed by atoms with E-state index in [2.05, 4.69) is 25.4 Å². The van der Waals surface area contributed by atoms with Gasteiger partial charge in [0.1, 0.15) is 17.6 Å². The lowest BCUT2D eigenvalue weighted by atomic mass is 10.2. The third kappa shape index (κ3) is 3.79. The Hall–Kier alpha value is -3.60. The molecule has 0 saturated carbocycles. The van der Waals surface area contributed by atoms with Gasteiger partial charge >= 0.3 is 0 Å². The van der Waals surface area contributed by atoms with Crippen LogP contribution in [-0.4, -0.2) is 61.1 Å². The Morgan fingerprint density at radius 3 is 2.84 bits per heavy atom. The first-order valence-electron chi connectivity index (χ1n) is 9.81. The van der Waals surface area contributed by atoms with Crippen LogP contribution < -0.4 is 14.8 Å². The van der Waals surface area contributed by atoms with Crippen LogP contribution in [0.2, 0.25) is 0 Å². The number of aryl methyl sites for hydroxylation is 1. The van der Waals surface area contributed by atoms with Crippen molar-refractivity contribution in [2.24, 2.45) is 7.05 Å². The van der Waals surface area contributed by atoms with Gasteiger partial charge in [-0.05, 0) is 6.07 Å². The summed E-state index contributed by atoms with van der Waals surface area (Å²) in [6.07, 6.45) is 5.32. The molecule has 1 fully saturated rings. The zero-order valence-electron chi connectivity index (χ0n) is 16.7. The summed E-state index contributed by atoms with van der Waals surface area (Å²) in [5.41, 5.74) is 1.81. The van der Waals surface area contributed by atoms with E-state index < -0.39 is 12.2 Å². The summed E-state index contributed by atoms with van der Waals surface area (Å²) in [6.45, 7) is 0.541. The molecule has 2 aliphatic rings. The molecule has 1 amide bonds. The molecule has 0 bridgehead atoms. The highest BCUT2D eigenvalue weighted by Crippen LogP contribution is 2.35. The molecule has 5 heterocycles. The van der Waals surface area contributed by atoms with Gasteiger partial charge in [-0.25, -0.2) is 14.4 Å². The number of rotatable bonds is 5. The molecular weight excluding hydrogens is 405 g/mol. The van der Waals surface area contributed by atoms with E-state index in [1.165, 1.54) is 12.4 Å². The number of nitrogens with one attached hydrogen (secondary N) is 1. The van der Waals surface area contributed by atoms with Crippen LogP contribution in [-0.2, 0) is 18.4 Å². The van der Waals surface area contributed by atoms with Crippen LogP contribution in [0.5, 0.6) is 11.5 Å². The standard InChI is InChI=1S/C20H20FN7O3/c1-27-15(2-5-25-27)19-23-7-13(8-24-19)26-20(29)16-6-12(21)9-28(16)10-14-18-17(3-4-22-14)30-11-31-18/h2-5,7-8,12,16H,6,9-11H2,1H3,(H,26,29)/t12-,16+/m0/s1. The molecule has 0 aromatic carbocycles. The first kappa shape index (κ1) is 19.4. The average Bonchev–Trinajstić information content (AvgIpc) is 3.49. The van der Waals surface area contributed by atoms with Crippen molar-refractivity contribution in [2.75, 3.05) is 18.7 Å². The summed E-state index contributed by atoms with van der Waals surface area (Å²) in [5.74, 6) is 1.33. The van der Waals surface area contributed by atoms with E-state index in [9.17, 15) is 9.18 Å². The maximum atomic E-state index is 14.2. The van der Waals surface area contributed by atoms with Gasteiger partial charge in [0.2, 0.25) is 12.7 Å². The lowest BCUT2D eigenvalue weighted by Crippen LogP contribution is -2.39. The number of halogens is 1. The Kier molecular flexibility index (Phi) is 4.94. The summed E-state index contributed by atoms with van der Waals surface area (Å²) in [4.78, 5) is 27.6. The minimum atomic E-state index is -1.10. The molecule has 0 spiro atoms. The Bertz CT molecular complexity index is 1100. The number of alkyl halides is 1. The Labute approximate surface area is 177 Å². The minimum Gasteiger partial charge on any atom is -0.453 e. The van der Waals surface area contributed by atoms with Crippen molar-refractivity contribution < 1.29 is 18.7 Å². The zero-order chi connectivity index (χ0) is 21.4. The van der Waals surface area contributed by atoms with Gasteiger partial charge in [0.25, 0.3) is 0 Å². The Morgan fingerprint density at radius 2 is 2.06 bits per heavy atom. The number of fused-ring (bicyclic) bond motifs is 1. The number of carbonyl (C=O) groups is 1. The largest absolute Gasteiger partial charge is 0.453 e. The van der Waals surface area contributed by atoms with Gasteiger partial charge in [-0.2, -0.15) is 5.10 Å². The number of pyridine rings is 1. The average molecular weight is 425 g/mol. The number of carbonyl (C=O) groups excluding carboxylic acids is 1. The number of hydrogen-bond acceptors (Lipinski definition) is 8. The molecule has 11 heteroatoms. The third-order valence-electron chi connectivity index (χ3n) is 5.34. The molecule has 0 unspecified atom stereocenters. The molecule has 10 nitrogen and oxygen atoms in total. The van der Waals surface area contributed by atoms with E-state index in [1.54, 1.807) is 41.2 Å². The van der Waals surface area contributed by atoms with E-state index in [4.69, 9.17) is 9.47 Å². The van der Waals surface area contributed by atoms with Crippen LogP contribution in [0.4, 0.5) is 10.1 Å². The van der Waals surface area contributed by atoms with Gasteiger partial charge in [-0.15, -0.1) is 0 Å². The summed E-state index contributed by atoms with van der Waals surface area (Å²) in [5, 5.41) is 6.88. The van der Waals surface area contributed by atoms with E-state index in [-0.39, 0.29) is 32.2 Å². The third-order valence-corrected chi connectivity index (χ3v) is 5.34. The van der Waals surface area contributed by atoms with Crippen molar-refractivity contribution in [1.82, 2.24) is 29.6 Å². The predicted octanol–water partition coefficient (Wildman–Crippen LogP) is 1.55. The number of nitrogens with zero attached hydrogens (tertiary/aromatic N) is 6. The first-order valence-corrected chi connectivity index (χ1v) is 9.81. The summed E-state index contributed by atoms with van der Waals surface area (Å²) in [7, 11) is 1.80. The molecule has 3 aromatic heterocycles. The van der Waals surface area contributed by atoms with Gasteiger partial charge in [0, 0.05) is 45.0 Å². The van der Waals surface area contributed by atoms with Crippen LogP contribution in [0.15, 0.2) is 36.9 Å². The van der Waals surface area contributed by atoms with Crippen LogP contribution in [0.1, 0.15) is 12.1 Å². The molecule has 160 valence electrons. The quantitative estimate of drug-likeness (QED) is 0.656. The SMILES string of the molecule is Cn1nccc1-c1ncc(NC(=O)[C@H]2C[C@H](F)CN2Cc2nccc3c2OCO3)cn1. The molecular formula is C20H20FN7O3. The van der Waals surface area contributed by atoms with E-state index in [1.807, 2.05) is 0 Å². The summed E-state index contributed by atoms with van der Waals surface area (Å²) >= 11 is 0. The molecule has 3 aromatic rings. The lowest BCUT2D eigenvalue weighted by Gasteiger charge is -2.23. The van der Waals surface area contributed by atoms with E-state index >= 15 is 0 Å². The summed E-state index contributed by atoms with van der Waals surface area (Å²) < 4.78 is 26.7. The Balaban J connectivity index is 1.29. The van der Waals surface area contributed by atoms with Crippen molar-refractivity contribution in [3.63, 3.8) is 0 Å². The second-order valence-corrected chi connectivity index (χ2v) is 7.39. The molecule has 5 rings (SSSR count). The molecule has 31 heavy (non-hydrogen) atoms. The monoisotopic (exact) mass is 425 g/mol. The minimum absolute atomic E-state index is 0.103.